The molecule has 4 rings (SSSR count). The first-order chi connectivity index (χ1) is 12.2. The van der Waals surface area contributed by atoms with Crippen LogP contribution in [0, 0.1) is 19.8 Å². The number of fused-ring (bicyclic) bond motifs is 1. The second-order valence-electron chi connectivity index (χ2n) is 6.91. The largest absolute Gasteiger partial charge is 0.465 e. The molecule has 1 fully saturated rings. The van der Waals surface area contributed by atoms with Gasteiger partial charge in [-0.1, -0.05) is 0 Å². The van der Waals surface area contributed by atoms with Crippen molar-refractivity contribution in [1.29, 1.82) is 0 Å². The highest BCUT2D eigenvalue weighted by molar-refractivity contribution is 5.66. The van der Waals surface area contributed by atoms with Gasteiger partial charge in [0.15, 0.2) is 0 Å². The molecule has 1 N–H and O–H groups in total. The van der Waals surface area contributed by atoms with Gasteiger partial charge in [0.05, 0.1) is 17.9 Å². The van der Waals surface area contributed by atoms with Crippen molar-refractivity contribution in [3.8, 4) is 0 Å². The molecule has 7 heteroatoms. The van der Waals surface area contributed by atoms with Gasteiger partial charge < -0.3 is 9.73 Å². The average molecular weight is 340 g/mol. The fraction of sp³-hybridized carbons (Fsp3) is 0.500. The first-order valence-electron chi connectivity index (χ1n) is 8.86. The van der Waals surface area contributed by atoms with Crippen molar-refractivity contribution in [2.24, 2.45) is 5.92 Å². The summed E-state index contributed by atoms with van der Waals surface area (Å²) >= 11 is 0. The van der Waals surface area contributed by atoms with E-state index < -0.39 is 0 Å². The molecule has 0 spiro atoms. The van der Waals surface area contributed by atoms with E-state index in [1.54, 1.807) is 10.8 Å². The van der Waals surface area contributed by atoms with Crippen LogP contribution in [0.5, 0.6) is 0 Å². The Morgan fingerprint density at radius 3 is 2.84 bits per heavy atom. The first kappa shape index (κ1) is 16.1. The summed E-state index contributed by atoms with van der Waals surface area (Å²) in [5.41, 5.74) is 2.76. The van der Waals surface area contributed by atoms with Gasteiger partial charge in [0.2, 0.25) is 5.65 Å². The zero-order chi connectivity index (χ0) is 17.2. The zero-order valence-electron chi connectivity index (χ0n) is 14.8. The molecule has 0 saturated carbocycles. The Morgan fingerprint density at radius 1 is 1.24 bits per heavy atom. The van der Waals surface area contributed by atoms with E-state index in [0.717, 1.165) is 54.7 Å². The summed E-state index contributed by atoms with van der Waals surface area (Å²) in [5.74, 6) is 2.73. The minimum atomic E-state index is 0.672. The fourth-order valence-corrected chi connectivity index (χ4v) is 3.48. The molecular weight excluding hydrogens is 316 g/mol. The van der Waals surface area contributed by atoms with Gasteiger partial charge in [-0.25, -0.2) is 0 Å². The van der Waals surface area contributed by atoms with E-state index >= 15 is 0 Å². The van der Waals surface area contributed by atoms with Gasteiger partial charge in [-0.3, -0.25) is 4.90 Å². The van der Waals surface area contributed by atoms with Gasteiger partial charge in [-0.15, -0.1) is 10.2 Å². The summed E-state index contributed by atoms with van der Waals surface area (Å²) in [4.78, 5) is 2.47. The summed E-state index contributed by atoms with van der Waals surface area (Å²) in [5, 5.41) is 16.0. The number of rotatable bonds is 5. The van der Waals surface area contributed by atoms with Crippen LogP contribution in [0.1, 0.15) is 30.1 Å². The van der Waals surface area contributed by atoms with E-state index in [9.17, 15) is 0 Å². The number of likely N-dealkylation sites (tertiary alicyclic amines) is 1. The molecule has 0 unspecified atom stereocenters. The SMILES string of the molecule is Cc1cc(NCC2CCN(Cc3ccc(C)o3)CC2)c2nncn2n1. The minimum Gasteiger partial charge on any atom is -0.465 e. The molecule has 25 heavy (non-hydrogen) atoms. The van der Waals surface area contributed by atoms with Crippen molar-refractivity contribution in [2.75, 3.05) is 25.0 Å². The second-order valence-corrected chi connectivity index (χ2v) is 6.91. The van der Waals surface area contributed by atoms with Crippen LogP contribution in [0.4, 0.5) is 5.69 Å². The Kier molecular flexibility index (Phi) is 4.40. The third kappa shape index (κ3) is 3.66. The maximum absolute atomic E-state index is 5.69. The van der Waals surface area contributed by atoms with Crippen molar-refractivity contribution in [1.82, 2.24) is 24.7 Å². The number of nitrogens with zero attached hydrogens (tertiary/aromatic N) is 5. The maximum Gasteiger partial charge on any atom is 0.200 e. The highest BCUT2D eigenvalue weighted by Crippen LogP contribution is 2.22. The quantitative estimate of drug-likeness (QED) is 0.770. The van der Waals surface area contributed by atoms with Gasteiger partial charge >= 0.3 is 0 Å². The lowest BCUT2D eigenvalue weighted by Crippen LogP contribution is -2.35. The fourth-order valence-electron chi connectivity index (χ4n) is 3.48. The van der Waals surface area contributed by atoms with Crippen molar-refractivity contribution < 1.29 is 4.42 Å². The van der Waals surface area contributed by atoms with Gasteiger partial charge in [-0.2, -0.15) is 9.61 Å². The standard InChI is InChI=1S/C18H24N6O/c1-13-9-17(18-21-20-12-24(18)22-13)19-10-15-5-7-23(8-6-15)11-16-4-3-14(2)25-16/h3-4,9,12,15,19H,5-8,10-11H2,1-2H3. The molecule has 1 saturated heterocycles. The first-order valence-corrected chi connectivity index (χ1v) is 8.86. The van der Waals surface area contributed by atoms with Gasteiger partial charge in [0.25, 0.3) is 0 Å². The molecule has 0 radical (unpaired) electrons. The summed E-state index contributed by atoms with van der Waals surface area (Å²) in [7, 11) is 0. The molecule has 0 amide bonds. The highest BCUT2D eigenvalue weighted by atomic mass is 16.3. The lowest BCUT2D eigenvalue weighted by atomic mass is 9.96. The Bertz CT molecular complexity index is 846. The predicted octanol–water partition coefficient (Wildman–Crippen LogP) is 2.66. The molecule has 0 aliphatic carbocycles. The van der Waals surface area contributed by atoms with E-state index in [-0.39, 0.29) is 0 Å². The monoisotopic (exact) mass is 340 g/mol. The number of aryl methyl sites for hydroxylation is 2. The molecule has 0 bridgehead atoms. The van der Waals surface area contributed by atoms with E-state index in [1.807, 2.05) is 26.0 Å². The van der Waals surface area contributed by atoms with E-state index in [2.05, 4.69) is 31.6 Å². The van der Waals surface area contributed by atoms with Crippen LogP contribution in [0.15, 0.2) is 28.9 Å². The van der Waals surface area contributed by atoms with Crippen molar-refractivity contribution in [3.05, 3.63) is 41.7 Å². The van der Waals surface area contributed by atoms with Crippen molar-refractivity contribution in [3.63, 3.8) is 0 Å². The van der Waals surface area contributed by atoms with Gasteiger partial charge in [-0.05, 0) is 63.9 Å². The highest BCUT2D eigenvalue weighted by Gasteiger charge is 2.20. The number of anilines is 1. The van der Waals surface area contributed by atoms with Gasteiger partial charge in [0.1, 0.15) is 17.8 Å². The predicted molar refractivity (Wildman–Crippen MR) is 95.5 cm³/mol. The third-order valence-corrected chi connectivity index (χ3v) is 4.85. The Morgan fingerprint density at radius 2 is 2.08 bits per heavy atom. The molecule has 3 aromatic rings. The Labute approximate surface area is 147 Å². The summed E-state index contributed by atoms with van der Waals surface area (Å²) < 4.78 is 7.42. The normalized spacial score (nSPS) is 16.6. The molecule has 1 aliphatic rings. The number of nitrogens with one attached hydrogen (secondary N) is 1. The maximum atomic E-state index is 5.69. The second kappa shape index (κ2) is 6.84. The summed E-state index contributed by atoms with van der Waals surface area (Å²) in [6, 6.07) is 6.16. The van der Waals surface area contributed by atoms with Crippen LogP contribution in [-0.2, 0) is 6.54 Å². The van der Waals surface area contributed by atoms with Crippen molar-refractivity contribution in [2.45, 2.75) is 33.2 Å². The molecule has 0 atom stereocenters. The Hall–Kier alpha value is -2.41. The Balaban J connectivity index is 1.30. The minimum absolute atomic E-state index is 0.672. The van der Waals surface area contributed by atoms with Crippen LogP contribution in [0.25, 0.3) is 5.65 Å². The number of hydrogen-bond donors (Lipinski definition) is 1. The molecule has 1 aliphatic heterocycles. The number of piperidine rings is 1. The zero-order valence-corrected chi connectivity index (χ0v) is 14.8. The summed E-state index contributed by atoms with van der Waals surface area (Å²) in [6.07, 6.45) is 4.03. The van der Waals surface area contributed by atoms with Crippen LogP contribution in [0.2, 0.25) is 0 Å². The van der Waals surface area contributed by atoms with E-state index in [4.69, 9.17) is 4.42 Å². The van der Waals surface area contributed by atoms with E-state index in [1.165, 1.54) is 12.8 Å². The number of furan rings is 1. The van der Waals surface area contributed by atoms with Crippen LogP contribution in [0.3, 0.4) is 0 Å². The van der Waals surface area contributed by atoms with Crippen LogP contribution < -0.4 is 5.32 Å². The molecule has 0 aromatic carbocycles. The number of aromatic nitrogens is 4. The molecule has 132 valence electrons. The lowest BCUT2D eigenvalue weighted by Gasteiger charge is -2.31. The molecule has 3 aromatic heterocycles. The molecular formula is C18H24N6O. The van der Waals surface area contributed by atoms with Crippen LogP contribution in [-0.4, -0.2) is 44.3 Å². The molecule has 7 nitrogen and oxygen atoms in total. The van der Waals surface area contributed by atoms with Crippen molar-refractivity contribution >= 4 is 11.3 Å². The van der Waals surface area contributed by atoms with Crippen LogP contribution >= 0.6 is 0 Å². The third-order valence-electron chi connectivity index (χ3n) is 4.85. The number of hydrogen-bond acceptors (Lipinski definition) is 6. The van der Waals surface area contributed by atoms with E-state index in [0.29, 0.717) is 5.92 Å². The molecule has 4 heterocycles. The van der Waals surface area contributed by atoms with Gasteiger partial charge in [0, 0.05) is 6.54 Å². The summed E-state index contributed by atoms with van der Waals surface area (Å²) in [6.45, 7) is 8.08. The topological polar surface area (TPSA) is 71.5 Å². The lowest BCUT2D eigenvalue weighted by molar-refractivity contribution is 0.170. The smallest absolute Gasteiger partial charge is 0.200 e. The average Bonchev–Trinajstić information content (AvgIpc) is 3.22.